The average molecular weight is 390 g/mol. The third kappa shape index (κ3) is 2.43. The van der Waals surface area contributed by atoms with Crippen molar-refractivity contribution in [3.05, 3.63) is 60.1 Å². The van der Waals surface area contributed by atoms with E-state index >= 15 is 0 Å². The number of hydrogen-bond donors (Lipinski definition) is 1. The number of ether oxygens (including phenoxy) is 2. The lowest BCUT2D eigenvalue weighted by atomic mass is 9.96. The van der Waals surface area contributed by atoms with Crippen LogP contribution in [0.3, 0.4) is 0 Å². The molecule has 0 bridgehead atoms. The summed E-state index contributed by atoms with van der Waals surface area (Å²) in [5.41, 5.74) is 3.59. The third-order valence-electron chi connectivity index (χ3n) is 5.38. The quantitative estimate of drug-likeness (QED) is 0.535. The lowest BCUT2D eigenvalue weighted by Crippen LogP contribution is -2.13. The SMILES string of the molecule is Fc1ccc2c3c1CNc1c(cc(-c4ccncn4)c4nncn14)OC[C@@H]3CO2. The van der Waals surface area contributed by atoms with Crippen molar-refractivity contribution in [1.82, 2.24) is 24.6 Å². The summed E-state index contributed by atoms with van der Waals surface area (Å²) in [6, 6.07) is 6.83. The normalized spacial score (nSPS) is 17.2. The maximum atomic E-state index is 14.6. The molecule has 0 amide bonds. The van der Waals surface area contributed by atoms with Crippen LogP contribution in [-0.2, 0) is 6.54 Å². The van der Waals surface area contributed by atoms with Gasteiger partial charge in [-0.1, -0.05) is 0 Å². The fourth-order valence-corrected chi connectivity index (χ4v) is 4.02. The standard InChI is InChI=1S/C20H15FN6O2/c21-14-1-2-16-18-11(7-28-16)8-29-17-5-12(15-3-4-22-9-24-15)19-26-25-10-27(19)20(17)23-6-13(14)18/h1-5,9-11,23H,6-8H2/t11-/m0/s1. The van der Waals surface area contributed by atoms with Crippen LogP contribution in [-0.4, -0.2) is 37.8 Å². The predicted molar refractivity (Wildman–Crippen MR) is 101 cm³/mol. The number of hydrogen-bond acceptors (Lipinski definition) is 7. The van der Waals surface area contributed by atoms with E-state index in [0.29, 0.717) is 48.2 Å². The minimum Gasteiger partial charge on any atom is -0.493 e. The molecule has 9 heteroatoms. The van der Waals surface area contributed by atoms with Gasteiger partial charge in [0.1, 0.15) is 24.2 Å². The number of nitrogens with zero attached hydrogens (tertiary/aromatic N) is 5. The van der Waals surface area contributed by atoms with Crippen molar-refractivity contribution in [3.8, 4) is 22.8 Å². The fraction of sp³-hybridized carbons (Fsp3) is 0.200. The van der Waals surface area contributed by atoms with Crippen molar-refractivity contribution >= 4 is 11.5 Å². The summed E-state index contributed by atoms with van der Waals surface area (Å²) in [4.78, 5) is 8.31. The first-order valence-electron chi connectivity index (χ1n) is 9.23. The van der Waals surface area contributed by atoms with Crippen LogP contribution in [0.25, 0.3) is 16.9 Å². The Balaban J connectivity index is 1.53. The van der Waals surface area contributed by atoms with E-state index < -0.39 is 0 Å². The van der Waals surface area contributed by atoms with Crippen molar-refractivity contribution < 1.29 is 13.9 Å². The second kappa shape index (κ2) is 6.13. The van der Waals surface area contributed by atoms with Gasteiger partial charge in [-0.2, -0.15) is 0 Å². The molecule has 0 radical (unpaired) electrons. The highest BCUT2D eigenvalue weighted by Crippen LogP contribution is 2.41. The Morgan fingerprint density at radius 3 is 2.90 bits per heavy atom. The molecule has 0 spiro atoms. The second-order valence-electron chi connectivity index (χ2n) is 7.00. The lowest BCUT2D eigenvalue weighted by Gasteiger charge is -2.16. The van der Waals surface area contributed by atoms with E-state index in [-0.39, 0.29) is 11.7 Å². The highest BCUT2D eigenvalue weighted by Gasteiger charge is 2.31. The lowest BCUT2D eigenvalue weighted by molar-refractivity contribution is 0.249. The molecule has 6 rings (SSSR count). The predicted octanol–water partition coefficient (Wildman–Crippen LogP) is 2.81. The van der Waals surface area contributed by atoms with Crippen molar-refractivity contribution in [2.75, 3.05) is 18.5 Å². The van der Waals surface area contributed by atoms with Gasteiger partial charge in [-0.25, -0.2) is 14.4 Å². The molecule has 0 fully saturated rings. The monoisotopic (exact) mass is 390 g/mol. The van der Waals surface area contributed by atoms with Gasteiger partial charge < -0.3 is 14.8 Å². The van der Waals surface area contributed by atoms with Crippen LogP contribution in [0.5, 0.6) is 11.5 Å². The molecule has 0 saturated carbocycles. The molecule has 0 saturated heterocycles. The van der Waals surface area contributed by atoms with Gasteiger partial charge in [-0.3, -0.25) is 4.40 Å². The molecular formula is C20H15FN6O2. The molecule has 4 aromatic rings. The smallest absolute Gasteiger partial charge is 0.171 e. The minimum atomic E-state index is -0.257. The van der Waals surface area contributed by atoms with Crippen molar-refractivity contribution in [3.63, 3.8) is 0 Å². The van der Waals surface area contributed by atoms with Gasteiger partial charge >= 0.3 is 0 Å². The zero-order valence-corrected chi connectivity index (χ0v) is 15.2. The molecule has 8 nitrogen and oxygen atoms in total. The summed E-state index contributed by atoms with van der Waals surface area (Å²) in [5.74, 6) is 1.71. The van der Waals surface area contributed by atoms with Crippen LogP contribution in [0.2, 0.25) is 0 Å². The minimum absolute atomic E-state index is 0.0393. The van der Waals surface area contributed by atoms with Crippen LogP contribution in [0, 0.1) is 5.82 Å². The van der Waals surface area contributed by atoms with Gasteiger partial charge in [0, 0.05) is 29.4 Å². The Hall–Kier alpha value is -3.75. The van der Waals surface area contributed by atoms with Crippen LogP contribution in [0.15, 0.2) is 43.1 Å². The molecule has 29 heavy (non-hydrogen) atoms. The molecule has 5 heterocycles. The maximum absolute atomic E-state index is 14.6. The molecule has 1 atom stereocenters. The molecule has 2 aliphatic rings. The molecule has 1 N–H and O–H groups in total. The van der Waals surface area contributed by atoms with E-state index in [1.807, 2.05) is 6.07 Å². The average Bonchev–Trinajstić information content (AvgIpc) is 3.40. The van der Waals surface area contributed by atoms with Crippen LogP contribution in [0.1, 0.15) is 17.0 Å². The van der Waals surface area contributed by atoms with Crippen LogP contribution < -0.4 is 14.8 Å². The van der Waals surface area contributed by atoms with E-state index in [1.54, 1.807) is 29.1 Å². The largest absolute Gasteiger partial charge is 0.493 e. The maximum Gasteiger partial charge on any atom is 0.171 e. The molecule has 0 unspecified atom stereocenters. The van der Waals surface area contributed by atoms with E-state index in [2.05, 4.69) is 25.5 Å². The zero-order chi connectivity index (χ0) is 19.4. The topological polar surface area (TPSA) is 86.5 Å². The number of fused-ring (bicyclic) bond motifs is 3. The van der Waals surface area contributed by atoms with E-state index in [1.165, 1.54) is 12.4 Å². The molecule has 1 aromatic carbocycles. The first-order chi connectivity index (χ1) is 14.3. The van der Waals surface area contributed by atoms with Gasteiger partial charge in [0.2, 0.25) is 0 Å². The van der Waals surface area contributed by atoms with Crippen molar-refractivity contribution in [1.29, 1.82) is 0 Å². The Bertz CT molecular complexity index is 1240. The molecule has 2 aliphatic heterocycles. The Morgan fingerprint density at radius 2 is 2.03 bits per heavy atom. The van der Waals surface area contributed by atoms with E-state index in [0.717, 1.165) is 16.9 Å². The zero-order valence-electron chi connectivity index (χ0n) is 15.2. The number of benzene rings is 1. The molecule has 0 aliphatic carbocycles. The molecule has 144 valence electrons. The van der Waals surface area contributed by atoms with E-state index in [4.69, 9.17) is 9.47 Å². The Morgan fingerprint density at radius 1 is 1.14 bits per heavy atom. The Labute approximate surface area is 164 Å². The number of halogens is 1. The number of rotatable bonds is 1. The number of anilines is 1. The van der Waals surface area contributed by atoms with Crippen LogP contribution >= 0.6 is 0 Å². The van der Waals surface area contributed by atoms with Gasteiger partial charge in [-0.05, 0) is 24.3 Å². The number of aromatic nitrogens is 5. The summed E-state index contributed by atoms with van der Waals surface area (Å²) in [7, 11) is 0. The third-order valence-corrected chi connectivity index (χ3v) is 5.38. The summed E-state index contributed by atoms with van der Waals surface area (Å²) in [5, 5.41) is 11.6. The summed E-state index contributed by atoms with van der Waals surface area (Å²) < 4.78 is 28.4. The van der Waals surface area contributed by atoms with Gasteiger partial charge in [0.15, 0.2) is 17.2 Å². The highest BCUT2D eigenvalue weighted by atomic mass is 19.1. The van der Waals surface area contributed by atoms with Crippen molar-refractivity contribution in [2.45, 2.75) is 12.5 Å². The summed E-state index contributed by atoms with van der Waals surface area (Å²) in [6.45, 7) is 1.13. The number of nitrogens with one attached hydrogen (secondary N) is 1. The summed E-state index contributed by atoms with van der Waals surface area (Å²) >= 11 is 0. The van der Waals surface area contributed by atoms with E-state index in [9.17, 15) is 4.39 Å². The van der Waals surface area contributed by atoms with Gasteiger partial charge in [0.05, 0.1) is 24.8 Å². The second-order valence-corrected chi connectivity index (χ2v) is 7.00. The van der Waals surface area contributed by atoms with Crippen molar-refractivity contribution in [2.24, 2.45) is 0 Å². The van der Waals surface area contributed by atoms with Gasteiger partial charge in [-0.15, -0.1) is 10.2 Å². The Kier molecular flexibility index (Phi) is 3.43. The fourth-order valence-electron chi connectivity index (χ4n) is 4.02. The van der Waals surface area contributed by atoms with Gasteiger partial charge in [0.25, 0.3) is 0 Å². The first kappa shape index (κ1) is 16.2. The van der Waals surface area contributed by atoms with Crippen LogP contribution in [0.4, 0.5) is 10.2 Å². The highest BCUT2D eigenvalue weighted by molar-refractivity contribution is 5.79. The molecular weight excluding hydrogens is 375 g/mol. The number of pyridine rings is 1. The summed E-state index contributed by atoms with van der Waals surface area (Å²) in [6.07, 6.45) is 4.76. The first-order valence-corrected chi connectivity index (χ1v) is 9.23. The molecule has 3 aromatic heterocycles.